The van der Waals surface area contributed by atoms with Crippen molar-refractivity contribution in [1.82, 2.24) is 15.5 Å². The Morgan fingerprint density at radius 3 is 2.68 bits per heavy atom. The van der Waals surface area contributed by atoms with Crippen LogP contribution in [-0.2, 0) is 17.8 Å². The lowest BCUT2D eigenvalue weighted by Gasteiger charge is -2.31. The molecule has 1 aromatic heterocycles. The van der Waals surface area contributed by atoms with E-state index in [9.17, 15) is 4.79 Å². The quantitative estimate of drug-likeness (QED) is 0.771. The van der Waals surface area contributed by atoms with E-state index < -0.39 is 0 Å². The molecule has 0 saturated carbocycles. The van der Waals surface area contributed by atoms with Crippen molar-refractivity contribution >= 4 is 17.2 Å². The number of piperidine rings is 1. The van der Waals surface area contributed by atoms with Crippen molar-refractivity contribution in [1.29, 1.82) is 0 Å². The zero-order chi connectivity index (χ0) is 15.8. The van der Waals surface area contributed by atoms with Gasteiger partial charge < -0.3 is 10.6 Å². The first-order valence-corrected chi connectivity index (χ1v) is 9.24. The molecule has 1 aromatic rings. The minimum Gasteiger partial charge on any atom is -0.350 e. The van der Waals surface area contributed by atoms with Gasteiger partial charge in [-0.1, -0.05) is 6.92 Å². The summed E-state index contributed by atoms with van der Waals surface area (Å²) in [6.45, 7) is 6.59. The van der Waals surface area contributed by atoms with Crippen LogP contribution in [0, 0.1) is 5.92 Å². The second-order valence-corrected chi connectivity index (χ2v) is 7.36. The molecule has 2 heterocycles. The summed E-state index contributed by atoms with van der Waals surface area (Å²) >= 11 is 1.79. The zero-order valence-electron chi connectivity index (χ0n) is 13.9. The summed E-state index contributed by atoms with van der Waals surface area (Å²) in [5.41, 5.74) is 0. The molecule has 0 spiro atoms. The Morgan fingerprint density at radius 2 is 2.05 bits per heavy atom. The molecule has 0 aromatic carbocycles. The Hall–Kier alpha value is -0.910. The van der Waals surface area contributed by atoms with Crippen molar-refractivity contribution in [3.8, 4) is 0 Å². The monoisotopic (exact) mass is 323 g/mol. The van der Waals surface area contributed by atoms with Crippen LogP contribution in [0.4, 0.5) is 0 Å². The number of thiophene rings is 1. The highest BCUT2D eigenvalue weighted by molar-refractivity contribution is 7.11. The third-order valence-corrected chi connectivity index (χ3v) is 5.63. The lowest BCUT2D eigenvalue weighted by atomic mass is 9.93. The fraction of sp³-hybridized carbons (Fsp3) is 0.706. The molecule has 5 heteroatoms. The van der Waals surface area contributed by atoms with E-state index in [0.29, 0.717) is 13.1 Å². The fourth-order valence-corrected chi connectivity index (χ4v) is 3.83. The van der Waals surface area contributed by atoms with E-state index >= 15 is 0 Å². The number of hydrogen-bond donors (Lipinski definition) is 2. The first kappa shape index (κ1) is 17.4. The largest absolute Gasteiger partial charge is 0.350 e. The van der Waals surface area contributed by atoms with Gasteiger partial charge in [0.05, 0.1) is 13.1 Å². The van der Waals surface area contributed by atoms with Gasteiger partial charge in [0.1, 0.15) is 0 Å². The Bertz CT molecular complexity index is 453. The predicted molar refractivity (Wildman–Crippen MR) is 93.3 cm³/mol. The highest BCUT2D eigenvalue weighted by Crippen LogP contribution is 2.20. The number of nitrogens with zero attached hydrogens (tertiary/aromatic N) is 1. The molecule has 0 radical (unpaired) electrons. The van der Waals surface area contributed by atoms with E-state index in [1.165, 1.54) is 29.0 Å². The summed E-state index contributed by atoms with van der Waals surface area (Å²) in [6, 6.07) is 4.28. The summed E-state index contributed by atoms with van der Waals surface area (Å²) < 4.78 is 0. The van der Waals surface area contributed by atoms with E-state index in [4.69, 9.17) is 0 Å². The van der Waals surface area contributed by atoms with Crippen molar-refractivity contribution in [3.63, 3.8) is 0 Å². The van der Waals surface area contributed by atoms with Crippen molar-refractivity contribution < 1.29 is 4.79 Å². The van der Waals surface area contributed by atoms with E-state index in [1.807, 2.05) is 7.05 Å². The summed E-state index contributed by atoms with van der Waals surface area (Å²) in [6.07, 6.45) is 4.77. The Morgan fingerprint density at radius 1 is 1.32 bits per heavy atom. The summed E-state index contributed by atoms with van der Waals surface area (Å²) in [4.78, 5) is 17.0. The lowest BCUT2D eigenvalue weighted by molar-refractivity contribution is -0.122. The molecule has 0 unspecified atom stereocenters. The topological polar surface area (TPSA) is 44.4 Å². The second kappa shape index (κ2) is 9.28. The van der Waals surface area contributed by atoms with Crippen LogP contribution in [0.1, 0.15) is 35.9 Å². The molecule has 1 amide bonds. The number of likely N-dealkylation sites (tertiary alicyclic amines) is 1. The second-order valence-electron chi connectivity index (χ2n) is 6.11. The van der Waals surface area contributed by atoms with Crippen molar-refractivity contribution in [3.05, 3.63) is 21.9 Å². The van der Waals surface area contributed by atoms with Gasteiger partial charge in [0.15, 0.2) is 0 Å². The predicted octanol–water partition coefficient (Wildman–Crippen LogP) is 2.25. The number of carbonyl (C=O) groups is 1. The summed E-state index contributed by atoms with van der Waals surface area (Å²) in [7, 11) is 2.01. The molecule has 2 rings (SSSR count). The molecule has 124 valence electrons. The molecule has 0 bridgehead atoms. The van der Waals surface area contributed by atoms with Crippen LogP contribution in [0.3, 0.4) is 0 Å². The molecule has 22 heavy (non-hydrogen) atoms. The molecule has 0 atom stereocenters. The molecule has 1 aliphatic rings. The minimum absolute atomic E-state index is 0.153. The van der Waals surface area contributed by atoms with Crippen LogP contribution in [-0.4, -0.2) is 44.0 Å². The minimum atomic E-state index is 0.153. The summed E-state index contributed by atoms with van der Waals surface area (Å²) in [5, 5.41) is 6.27. The number of carbonyl (C=O) groups excluding carboxylic acids is 1. The highest BCUT2D eigenvalue weighted by atomic mass is 32.1. The van der Waals surface area contributed by atoms with Gasteiger partial charge in [0.25, 0.3) is 0 Å². The molecule has 1 fully saturated rings. The van der Waals surface area contributed by atoms with Crippen molar-refractivity contribution in [2.45, 2.75) is 39.2 Å². The molecule has 1 saturated heterocycles. The van der Waals surface area contributed by atoms with Gasteiger partial charge in [-0.2, -0.15) is 0 Å². The van der Waals surface area contributed by atoms with Gasteiger partial charge in [0.2, 0.25) is 5.91 Å². The first-order valence-electron chi connectivity index (χ1n) is 8.42. The van der Waals surface area contributed by atoms with Crippen LogP contribution in [0.5, 0.6) is 0 Å². The van der Waals surface area contributed by atoms with E-state index in [0.717, 1.165) is 32.0 Å². The van der Waals surface area contributed by atoms with Crippen LogP contribution < -0.4 is 10.6 Å². The molecular formula is C17H29N3OS. The normalized spacial score (nSPS) is 16.8. The Balaban J connectivity index is 1.63. The SMILES string of the molecule is CCc1ccc(CNC(=O)CN2CCC(CCNC)CC2)s1. The van der Waals surface area contributed by atoms with Crippen LogP contribution >= 0.6 is 11.3 Å². The maximum Gasteiger partial charge on any atom is 0.234 e. The van der Waals surface area contributed by atoms with Gasteiger partial charge in [-0.25, -0.2) is 0 Å². The van der Waals surface area contributed by atoms with Crippen LogP contribution in [0.25, 0.3) is 0 Å². The average molecular weight is 324 g/mol. The average Bonchev–Trinajstić information content (AvgIpc) is 3.00. The van der Waals surface area contributed by atoms with Gasteiger partial charge in [-0.15, -0.1) is 11.3 Å². The molecule has 4 nitrogen and oxygen atoms in total. The zero-order valence-corrected chi connectivity index (χ0v) is 14.7. The smallest absolute Gasteiger partial charge is 0.234 e. The maximum atomic E-state index is 12.1. The summed E-state index contributed by atoms with van der Waals surface area (Å²) in [5.74, 6) is 0.977. The van der Waals surface area contributed by atoms with Gasteiger partial charge in [-0.05, 0) is 70.4 Å². The van der Waals surface area contributed by atoms with Gasteiger partial charge >= 0.3 is 0 Å². The number of rotatable bonds is 8. The van der Waals surface area contributed by atoms with Crippen molar-refractivity contribution in [2.75, 3.05) is 33.2 Å². The van der Waals surface area contributed by atoms with Crippen LogP contribution in [0.2, 0.25) is 0 Å². The number of aryl methyl sites for hydroxylation is 1. The van der Waals surface area contributed by atoms with Gasteiger partial charge in [-0.3, -0.25) is 9.69 Å². The molecule has 1 aliphatic heterocycles. The lowest BCUT2D eigenvalue weighted by Crippen LogP contribution is -2.41. The number of nitrogens with one attached hydrogen (secondary N) is 2. The molecular weight excluding hydrogens is 294 g/mol. The van der Waals surface area contributed by atoms with E-state index in [2.05, 4.69) is 34.6 Å². The first-order chi connectivity index (χ1) is 10.7. The highest BCUT2D eigenvalue weighted by Gasteiger charge is 2.20. The maximum absolute atomic E-state index is 12.1. The molecule has 0 aliphatic carbocycles. The fourth-order valence-electron chi connectivity index (χ4n) is 2.93. The van der Waals surface area contributed by atoms with E-state index in [-0.39, 0.29) is 5.91 Å². The standard InChI is InChI=1S/C17H29N3OS/c1-3-15-4-5-16(22-15)12-19-17(21)13-20-10-7-14(8-11-20)6-9-18-2/h4-5,14,18H,3,6-13H2,1-2H3,(H,19,21). The number of amides is 1. The van der Waals surface area contributed by atoms with Crippen molar-refractivity contribution in [2.24, 2.45) is 5.92 Å². The van der Waals surface area contributed by atoms with E-state index in [1.54, 1.807) is 11.3 Å². The Kier molecular flexibility index (Phi) is 7.36. The number of hydrogen-bond acceptors (Lipinski definition) is 4. The van der Waals surface area contributed by atoms with Gasteiger partial charge in [0, 0.05) is 9.75 Å². The third kappa shape index (κ3) is 5.71. The molecule has 2 N–H and O–H groups in total. The Labute approximate surface area is 138 Å². The van der Waals surface area contributed by atoms with Crippen LogP contribution in [0.15, 0.2) is 12.1 Å². The third-order valence-electron chi connectivity index (χ3n) is 4.40.